The van der Waals surface area contributed by atoms with Gasteiger partial charge in [0.1, 0.15) is 11.5 Å². The number of hydrogen-bond acceptors (Lipinski definition) is 9. The van der Waals surface area contributed by atoms with E-state index in [1.165, 1.54) is 19.2 Å². The average molecular weight is 591 g/mol. The van der Waals surface area contributed by atoms with E-state index in [2.05, 4.69) is 21.0 Å². The number of piperidine rings is 1. The molecule has 1 aliphatic heterocycles. The minimum atomic E-state index is -0.945. The first kappa shape index (κ1) is 29.7. The van der Waals surface area contributed by atoms with Crippen molar-refractivity contribution in [2.24, 2.45) is 5.92 Å². The first-order valence-corrected chi connectivity index (χ1v) is 13.9. The van der Waals surface area contributed by atoms with Crippen LogP contribution in [0.1, 0.15) is 18.4 Å². The Morgan fingerprint density at radius 1 is 1.02 bits per heavy atom. The summed E-state index contributed by atoms with van der Waals surface area (Å²) in [5, 5.41) is 18.7. The fourth-order valence-corrected chi connectivity index (χ4v) is 4.72. The number of nitrogens with one attached hydrogen (secondary N) is 3. The molecule has 2 heterocycles. The Balaban J connectivity index is 1.23. The van der Waals surface area contributed by atoms with E-state index in [9.17, 15) is 10.0 Å². The van der Waals surface area contributed by atoms with Crippen molar-refractivity contribution in [3.63, 3.8) is 0 Å². The Hall–Kier alpha value is -4.81. The molecule has 12 heteroatoms. The smallest absolute Gasteiger partial charge is 0.325 e. The standard InChI is InChI=1S/C31H33FN5O6/c1-40-23-5-3-4-21(14-23)18-35-31(38)37(39)36-22-6-7-28(25(32)15-22)43-27-10-13-34-26-17-30(29(41-2)16-24(26)27)42-19-20-8-11-33-12-9-20/h3-7,10,13-17,20,33,36H,8-9,11-12,18-19H2,1-2H3,(H,35,38)/q-1. The number of nitrogens with zero attached hydrogens (tertiary/aromatic N) is 2. The Bertz CT molecular complexity index is 1570. The molecular weight excluding hydrogens is 557 g/mol. The number of methoxy groups -OCH3 is 2. The topological polar surface area (TPSA) is 129 Å². The first-order chi connectivity index (χ1) is 20.9. The second kappa shape index (κ2) is 13.9. The fourth-order valence-electron chi connectivity index (χ4n) is 4.72. The Morgan fingerprint density at radius 2 is 1.86 bits per heavy atom. The van der Waals surface area contributed by atoms with Crippen LogP contribution in [0.4, 0.5) is 14.9 Å². The van der Waals surface area contributed by atoms with Gasteiger partial charge < -0.3 is 45.4 Å². The molecule has 3 N–H and O–H groups in total. The zero-order chi connectivity index (χ0) is 30.2. The normalized spacial score (nSPS) is 13.3. The molecule has 226 valence electrons. The number of hydroxylamine groups is 1. The third-order valence-corrected chi connectivity index (χ3v) is 7.06. The van der Waals surface area contributed by atoms with Crippen LogP contribution in [0, 0.1) is 16.9 Å². The number of urea groups is 1. The molecule has 1 aromatic heterocycles. The summed E-state index contributed by atoms with van der Waals surface area (Å²) in [6.45, 7) is 2.65. The third kappa shape index (κ3) is 7.53. The highest BCUT2D eigenvalue weighted by Gasteiger charge is 2.17. The Kier molecular flexibility index (Phi) is 9.59. The molecule has 0 unspecified atom stereocenters. The number of anilines is 1. The van der Waals surface area contributed by atoms with Crippen LogP contribution >= 0.6 is 0 Å². The van der Waals surface area contributed by atoms with Gasteiger partial charge in [-0.05, 0) is 73.8 Å². The second-order valence-electron chi connectivity index (χ2n) is 10.00. The minimum absolute atomic E-state index is 0.0110. The maximum Gasteiger partial charge on any atom is 0.325 e. The molecule has 0 radical (unpaired) electrons. The van der Waals surface area contributed by atoms with Crippen LogP contribution in [-0.4, -0.2) is 50.1 Å². The molecule has 1 aliphatic rings. The van der Waals surface area contributed by atoms with Crippen LogP contribution in [0.2, 0.25) is 0 Å². The summed E-state index contributed by atoms with van der Waals surface area (Å²) in [5.74, 6) is 1.72. The number of pyridine rings is 1. The predicted octanol–water partition coefficient (Wildman–Crippen LogP) is 5.60. The van der Waals surface area contributed by atoms with Gasteiger partial charge in [0, 0.05) is 30.3 Å². The molecular formula is C31H33FN5O6-. The van der Waals surface area contributed by atoms with Gasteiger partial charge in [-0.3, -0.25) is 4.98 Å². The van der Waals surface area contributed by atoms with E-state index in [-0.39, 0.29) is 23.2 Å². The van der Waals surface area contributed by atoms with Crippen molar-refractivity contribution in [2.45, 2.75) is 19.4 Å². The Labute approximate surface area is 248 Å². The van der Waals surface area contributed by atoms with Gasteiger partial charge in [0.15, 0.2) is 23.1 Å². The summed E-state index contributed by atoms with van der Waals surface area (Å²) < 4.78 is 37.8. The molecule has 0 spiro atoms. The number of fused-ring (bicyclic) bond motifs is 1. The van der Waals surface area contributed by atoms with Gasteiger partial charge in [-0.1, -0.05) is 12.1 Å². The second-order valence-corrected chi connectivity index (χ2v) is 10.00. The van der Waals surface area contributed by atoms with E-state index >= 15 is 4.39 Å². The maximum atomic E-state index is 15.1. The molecule has 0 saturated carbocycles. The first-order valence-electron chi connectivity index (χ1n) is 13.9. The van der Waals surface area contributed by atoms with Gasteiger partial charge in [-0.25, -0.2) is 9.18 Å². The van der Waals surface area contributed by atoms with Crippen LogP contribution < -0.4 is 35.0 Å². The van der Waals surface area contributed by atoms with Gasteiger partial charge >= 0.3 is 6.03 Å². The lowest BCUT2D eigenvalue weighted by molar-refractivity contribution is 0.208. The van der Waals surface area contributed by atoms with Gasteiger partial charge in [-0.2, -0.15) is 0 Å². The molecule has 2 amide bonds. The van der Waals surface area contributed by atoms with Crippen molar-refractivity contribution in [3.8, 4) is 28.7 Å². The third-order valence-electron chi connectivity index (χ3n) is 7.06. The van der Waals surface area contributed by atoms with Gasteiger partial charge in [0.25, 0.3) is 0 Å². The van der Waals surface area contributed by atoms with Crippen LogP contribution in [-0.2, 0) is 6.54 Å². The van der Waals surface area contributed by atoms with Crippen molar-refractivity contribution in [1.29, 1.82) is 0 Å². The number of halogens is 1. The number of rotatable bonds is 11. The summed E-state index contributed by atoms with van der Waals surface area (Å²) in [5.41, 5.74) is 3.73. The molecule has 0 atom stereocenters. The monoisotopic (exact) mass is 590 g/mol. The number of aromatic nitrogens is 1. The maximum absolute atomic E-state index is 15.1. The molecule has 1 fully saturated rings. The average Bonchev–Trinajstić information content (AvgIpc) is 3.04. The molecule has 3 aromatic carbocycles. The predicted molar refractivity (Wildman–Crippen MR) is 160 cm³/mol. The summed E-state index contributed by atoms with van der Waals surface area (Å²) in [6.07, 6.45) is 3.67. The zero-order valence-corrected chi connectivity index (χ0v) is 23.9. The van der Waals surface area contributed by atoms with Crippen molar-refractivity contribution in [3.05, 3.63) is 83.4 Å². The number of carbonyl (C=O) groups excluding carboxylic acids is 1. The molecule has 11 nitrogen and oxygen atoms in total. The molecule has 5 rings (SSSR count). The molecule has 43 heavy (non-hydrogen) atoms. The number of amides is 2. The van der Waals surface area contributed by atoms with E-state index < -0.39 is 11.8 Å². The highest BCUT2D eigenvalue weighted by Crippen LogP contribution is 2.38. The van der Waals surface area contributed by atoms with Crippen LogP contribution in [0.25, 0.3) is 10.9 Å². The summed E-state index contributed by atoms with van der Waals surface area (Å²) in [7, 11) is 3.09. The SMILES string of the molecule is COc1cccc(CNC(=O)N([O-])Nc2ccc(Oc3ccnc4cc(OCC5CCNCC5)c(OC)cc34)c(F)c2)c1. The fraction of sp³-hybridized carbons (Fsp3) is 0.290. The largest absolute Gasteiger partial charge is 0.735 e. The molecule has 0 aliphatic carbocycles. The van der Waals surface area contributed by atoms with Crippen LogP contribution in [0.3, 0.4) is 0 Å². The number of carbonyl (C=O) groups is 1. The lowest BCUT2D eigenvalue weighted by atomic mass is 9.99. The highest BCUT2D eigenvalue weighted by atomic mass is 19.1. The number of hydrogen-bond donors (Lipinski definition) is 3. The molecule has 0 bridgehead atoms. The summed E-state index contributed by atoms with van der Waals surface area (Å²) in [4.78, 5) is 16.7. The van der Waals surface area contributed by atoms with Gasteiger partial charge in [0.05, 0.1) is 32.0 Å². The van der Waals surface area contributed by atoms with Crippen molar-refractivity contribution < 1.29 is 28.1 Å². The van der Waals surface area contributed by atoms with E-state index in [0.29, 0.717) is 46.4 Å². The van der Waals surface area contributed by atoms with Crippen molar-refractivity contribution in [1.82, 2.24) is 20.8 Å². The highest BCUT2D eigenvalue weighted by molar-refractivity contribution is 5.88. The van der Waals surface area contributed by atoms with Crippen LogP contribution in [0.5, 0.6) is 28.7 Å². The lowest BCUT2D eigenvalue weighted by Gasteiger charge is -2.29. The van der Waals surface area contributed by atoms with Crippen molar-refractivity contribution >= 4 is 22.6 Å². The van der Waals surface area contributed by atoms with E-state index in [1.54, 1.807) is 55.8 Å². The van der Waals surface area contributed by atoms with Crippen molar-refractivity contribution in [2.75, 3.05) is 39.3 Å². The summed E-state index contributed by atoms with van der Waals surface area (Å²) >= 11 is 0. The molecule has 4 aromatic rings. The van der Waals surface area contributed by atoms with Gasteiger partial charge in [-0.15, -0.1) is 0 Å². The number of benzene rings is 3. The minimum Gasteiger partial charge on any atom is -0.735 e. The number of ether oxygens (including phenoxy) is 4. The zero-order valence-electron chi connectivity index (χ0n) is 23.9. The lowest BCUT2D eigenvalue weighted by Crippen LogP contribution is -2.39. The van der Waals surface area contributed by atoms with E-state index in [0.717, 1.165) is 37.6 Å². The van der Waals surface area contributed by atoms with E-state index in [4.69, 9.17) is 18.9 Å². The Morgan fingerprint density at radius 3 is 2.63 bits per heavy atom. The number of hydrazine groups is 1. The molecule has 1 saturated heterocycles. The van der Waals surface area contributed by atoms with Crippen LogP contribution in [0.15, 0.2) is 66.9 Å². The summed E-state index contributed by atoms with van der Waals surface area (Å²) in [6, 6.07) is 15.1. The quantitative estimate of drug-likeness (QED) is 0.191. The van der Waals surface area contributed by atoms with E-state index in [1.807, 2.05) is 0 Å². The van der Waals surface area contributed by atoms with Gasteiger partial charge in [0.2, 0.25) is 0 Å².